The number of halogens is 3. The molecule has 2 aromatic carbocycles. The molecule has 8 heteroatoms. The van der Waals surface area contributed by atoms with Gasteiger partial charge in [0.25, 0.3) is 0 Å². The van der Waals surface area contributed by atoms with Crippen molar-refractivity contribution < 1.29 is 36.9 Å². The molecular weight excluding hydrogens is 401 g/mol. The van der Waals surface area contributed by atoms with Gasteiger partial charge in [0.2, 0.25) is 6.29 Å². The maximum Gasteiger partial charge on any atom is 0.573 e. The quantitative estimate of drug-likeness (QED) is 0.287. The number of ether oxygens (including phenoxy) is 4. The van der Waals surface area contributed by atoms with Crippen molar-refractivity contribution in [3.63, 3.8) is 0 Å². The van der Waals surface area contributed by atoms with Crippen LogP contribution in [0.15, 0.2) is 48.5 Å². The van der Waals surface area contributed by atoms with Gasteiger partial charge in [-0.05, 0) is 36.2 Å². The van der Waals surface area contributed by atoms with Crippen LogP contribution in [0.3, 0.4) is 0 Å². The molecule has 0 aliphatic heterocycles. The molecule has 2 rings (SSSR count). The van der Waals surface area contributed by atoms with Gasteiger partial charge < -0.3 is 18.9 Å². The zero-order valence-electron chi connectivity index (χ0n) is 17.2. The van der Waals surface area contributed by atoms with E-state index in [0.717, 1.165) is 12.1 Å². The molecule has 30 heavy (non-hydrogen) atoms. The van der Waals surface area contributed by atoms with E-state index >= 15 is 0 Å². The van der Waals surface area contributed by atoms with E-state index in [4.69, 9.17) is 14.2 Å². The number of benzene rings is 2. The van der Waals surface area contributed by atoms with E-state index in [-0.39, 0.29) is 23.1 Å². The number of esters is 1. The van der Waals surface area contributed by atoms with E-state index in [0.29, 0.717) is 12.4 Å². The Kier molecular flexibility index (Phi) is 8.11. The molecule has 1 atom stereocenters. The van der Waals surface area contributed by atoms with Gasteiger partial charge in [0.05, 0.1) is 12.2 Å². The molecule has 0 aliphatic rings. The zero-order chi connectivity index (χ0) is 22.3. The van der Waals surface area contributed by atoms with E-state index in [1.807, 2.05) is 27.7 Å². The zero-order valence-corrected chi connectivity index (χ0v) is 17.2. The fourth-order valence-corrected chi connectivity index (χ4v) is 2.37. The summed E-state index contributed by atoms with van der Waals surface area (Å²) in [4.78, 5) is 12.4. The molecule has 0 fully saturated rings. The van der Waals surface area contributed by atoms with Crippen molar-refractivity contribution in [2.45, 2.75) is 40.3 Å². The Bertz CT molecular complexity index is 819. The lowest BCUT2D eigenvalue weighted by atomic mass is 10.2. The monoisotopic (exact) mass is 426 g/mol. The second-order valence-corrected chi connectivity index (χ2v) is 7.37. The van der Waals surface area contributed by atoms with Gasteiger partial charge in [0, 0.05) is 5.92 Å². The van der Waals surface area contributed by atoms with Crippen molar-refractivity contribution in [2.75, 3.05) is 6.61 Å². The highest BCUT2D eigenvalue weighted by Gasteiger charge is 2.33. The molecule has 0 bridgehead atoms. The van der Waals surface area contributed by atoms with E-state index in [1.165, 1.54) is 6.07 Å². The maximum atomic E-state index is 12.8. The number of alkyl halides is 3. The lowest BCUT2D eigenvalue weighted by Crippen LogP contribution is -2.29. The van der Waals surface area contributed by atoms with Crippen molar-refractivity contribution >= 4 is 5.97 Å². The predicted molar refractivity (Wildman–Crippen MR) is 105 cm³/mol. The summed E-state index contributed by atoms with van der Waals surface area (Å²) in [6.07, 6.45) is -5.75. The SMILES string of the molecule is CC(C)COC(Oc1cc(C(=O)Oc2ccccc2)ccc1OC(F)(F)F)C(C)C. The highest BCUT2D eigenvalue weighted by Crippen LogP contribution is 2.35. The second-order valence-electron chi connectivity index (χ2n) is 7.37. The standard InChI is InChI=1S/C22H25F3O5/c1-14(2)13-27-21(15(3)4)29-19-12-16(10-11-18(19)30-22(23,24)25)20(26)28-17-8-6-5-7-9-17/h5-12,14-15,21H,13H2,1-4H3. The third kappa shape index (κ3) is 7.59. The van der Waals surface area contributed by atoms with E-state index in [9.17, 15) is 18.0 Å². The Morgan fingerprint density at radius 2 is 1.63 bits per heavy atom. The Morgan fingerprint density at radius 3 is 2.20 bits per heavy atom. The Balaban J connectivity index is 2.30. The molecule has 0 spiro atoms. The van der Waals surface area contributed by atoms with E-state index in [2.05, 4.69) is 4.74 Å². The first-order valence-corrected chi connectivity index (χ1v) is 9.50. The molecule has 1 unspecified atom stereocenters. The molecule has 0 saturated heterocycles. The van der Waals surface area contributed by atoms with Gasteiger partial charge in [-0.15, -0.1) is 13.2 Å². The predicted octanol–water partition coefficient (Wildman–Crippen LogP) is 5.84. The molecule has 0 heterocycles. The average molecular weight is 426 g/mol. The maximum absolute atomic E-state index is 12.8. The molecule has 5 nitrogen and oxygen atoms in total. The number of carbonyl (C=O) groups is 1. The lowest BCUT2D eigenvalue weighted by Gasteiger charge is -2.25. The molecule has 0 aliphatic carbocycles. The van der Waals surface area contributed by atoms with E-state index in [1.54, 1.807) is 30.3 Å². The summed E-state index contributed by atoms with van der Waals surface area (Å²) < 4.78 is 59.1. The summed E-state index contributed by atoms with van der Waals surface area (Å²) in [6, 6.07) is 11.7. The minimum absolute atomic E-state index is 0.00902. The average Bonchev–Trinajstić information content (AvgIpc) is 2.65. The van der Waals surface area contributed by atoms with Crippen LogP contribution in [0.2, 0.25) is 0 Å². The first-order chi connectivity index (χ1) is 14.0. The fourth-order valence-electron chi connectivity index (χ4n) is 2.37. The lowest BCUT2D eigenvalue weighted by molar-refractivity contribution is -0.275. The Hall–Kier alpha value is -2.74. The van der Waals surface area contributed by atoms with Crippen LogP contribution >= 0.6 is 0 Å². The fraction of sp³-hybridized carbons (Fsp3) is 0.409. The number of hydrogen-bond acceptors (Lipinski definition) is 5. The molecule has 0 radical (unpaired) electrons. The smallest absolute Gasteiger partial charge is 0.461 e. The van der Waals surface area contributed by atoms with Gasteiger partial charge in [-0.1, -0.05) is 45.9 Å². The summed E-state index contributed by atoms with van der Waals surface area (Å²) in [7, 11) is 0. The molecular formula is C22H25F3O5. The molecule has 164 valence electrons. The van der Waals surface area contributed by atoms with Crippen LogP contribution in [0.4, 0.5) is 13.2 Å². The Labute approximate surface area is 173 Å². The second kappa shape index (κ2) is 10.3. The summed E-state index contributed by atoms with van der Waals surface area (Å²) in [5.41, 5.74) is 0.00902. The normalized spacial score (nSPS) is 12.7. The van der Waals surface area contributed by atoms with Gasteiger partial charge in [-0.25, -0.2) is 4.79 Å². The summed E-state index contributed by atoms with van der Waals surface area (Å²) in [5.74, 6) is -1.24. The molecule has 2 aromatic rings. The van der Waals surface area contributed by atoms with E-state index < -0.39 is 24.4 Å². The first kappa shape index (κ1) is 23.5. The van der Waals surface area contributed by atoms with Gasteiger partial charge >= 0.3 is 12.3 Å². The molecule has 0 aromatic heterocycles. The third-order valence-electron chi connectivity index (χ3n) is 3.74. The van der Waals surface area contributed by atoms with Crippen molar-refractivity contribution in [3.8, 4) is 17.2 Å². The first-order valence-electron chi connectivity index (χ1n) is 9.50. The van der Waals surface area contributed by atoms with Crippen LogP contribution in [0, 0.1) is 11.8 Å². The minimum atomic E-state index is -4.92. The van der Waals surface area contributed by atoms with Crippen molar-refractivity contribution in [1.82, 2.24) is 0 Å². The van der Waals surface area contributed by atoms with Crippen molar-refractivity contribution in [1.29, 1.82) is 0 Å². The number of rotatable bonds is 9. The van der Waals surface area contributed by atoms with Crippen LogP contribution in [0.5, 0.6) is 17.2 Å². The van der Waals surface area contributed by atoms with Crippen LogP contribution in [0.1, 0.15) is 38.1 Å². The summed E-state index contributed by atoms with van der Waals surface area (Å²) in [6.45, 7) is 7.85. The van der Waals surface area contributed by atoms with Crippen LogP contribution in [0.25, 0.3) is 0 Å². The third-order valence-corrected chi connectivity index (χ3v) is 3.74. The minimum Gasteiger partial charge on any atom is -0.461 e. The topological polar surface area (TPSA) is 54.0 Å². The highest BCUT2D eigenvalue weighted by atomic mass is 19.4. The van der Waals surface area contributed by atoms with Gasteiger partial charge in [0.1, 0.15) is 5.75 Å². The van der Waals surface area contributed by atoms with Crippen LogP contribution < -0.4 is 14.2 Å². The van der Waals surface area contributed by atoms with Gasteiger partial charge in [0.15, 0.2) is 11.5 Å². The summed E-state index contributed by atoms with van der Waals surface area (Å²) >= 11 is 0. The van der Waals surface area contributed by atoms with Crippen LogP contribution in [-0.2, 0) is 4.74 Å². The highest BCUT2D eigenvalue weighted by molar-refractivity contribution is 5.91. The number of hydrogen-bond donors (Lipinski definition) is 0. The Morgan fingerprint density at radius 1 is 0.967 bits per heavy atom. The molecule has 0 saturated carbocycles. The van der Waals surface area contributed by atoms with Crippen molar-refractivity contribution in [2.24, 2.45) is 11.8 Å². The van der Waals surface area contributed by atoms with Crippen LogP contribution in [-0.4, -0.2) is 25.2 Å². The largest absolute Gasteiger partial charge is 0.573 e. The number of carbonyl (C=O) groups excluding carboxylic acids is 1. The molecule has 0 N–H and O–H groups in total. The van der Waals surface area contributed by atoms with Crippen molar-refractivity contribution in [3.05, 3.63) is 54.1 Å². The van der Waals surface area contributed by atoms with Gasteiger partial charge in [-0.3, -0.25) is 0 Å². The number of para-hydroxylation sites is 1. The summed E-state index contributed by atoms with van der Waals surface area (Å²) in [5, 5.41) is 0. The molecule has 0 amide bonds. The van der Waals surface area contributed by atoms with Gasteiger partial charge in [-0.2, -0.15) is 0 Å².